The first kappa shape index (κ1) is 20.6. The first-order chi connectivity index (χ1) is 15.5. The minimum Gasteiger partial charge on any atom is -0.491 e. The smallest absolute Gasteiger partial charge is 0.312 e. The number of fused-ring (bicyclic) bond motifs is 1. The van der Waals surface area contributed by atoms with Crippen molar-refractivity contribution in [1.82, 2.24) is 9.78 Å². The predicted octanol–water partition coefficient (Wildman–Crippen LogP) is 2.66. The third-order valence-electron chi connectivity index (χ3n) is 6.31. The number of carbonyl (C=O) groups is 1. The van der Waals surface area contributed by atoms with E-state index in [1.54, 1.807) is 6.07 Å². The maximum Gasteiger partial charge on any atom is 0.312 e. The highest BCUT2D eigenvalue weighted by Gasteiger charge is 2.25. The van der Waals surface area contributed by atoms with Crippen LogP contribution in [0.4, 0.5) is 11.5 Å². The quantitative estimate of drug-likeness (QED) is 0.346. The molecular formula is C23H28N5O4+. The topological polar surface area (TPSA) is 127 Å². The number of nitrogens with two attached hydrogens (primary N) is 1. The number of ether oxygens (including phenoxy) is 1. The molecule has 2 aliphatic rings. The summed E-state index contributed by atoms with van der Waals surface area (Å²) < 4.78 is 8.66. The molecule has 168 valence electrons. The molecule has 9 heteroatoms. The summed E-state index contributed by atoms with van der Waals surface area (Å²) in [6.45, 7) is 0.591. The summed E-state index contributed by atoms with van der Waals surface area (Å²) in [4.78, 5) is 12.9. The van der Waals surface area contributed by atoms with E-state index in [-0.39, 0.29) is 23.7 Å². The van der Waals surface area contributed by atoms with E-state index in [2.05, 4.69) is 5.32 Å². The molecule has 9 nitrogen and oxygen atoms in total. The zero-order chi connectivity index (χ0) is 22.2. The Morgan fingerprint density at radius 3 is 2.75 bits per heavy atom. The van der Waals surface area contributed by atoms with Crippen molar-refractivity contribution in [3.63, 3.8) is 0 Å². The van der Waals surface area contributed by atoms with Crippen LogP contribution in [0.5, 0.6) is 5.75 Å². The molecule has 2 aliphatic carbocycles. The van der Waals surface area contributed by atoms with Gasteiger partial charge in [-0.1, -0.05) is 0 Å². The Morgan fingerprint density at radius 2 is 2.00 bits per heavy atom. The fourth-order valence-electron chi connectivity index (χ4n) is 4.17. The largest absolute Gasteiger partial charge is 0.491 e. The zero-order valence-corrected chi connectivity index (χ0v) is 17.8. The first-order valence-corrected chi connectivity index (χ1v) is 11.1. The van der Waals surface area contributed by atoms with E-state index in [1.807, 2.05) is 23.0 Å². The molecule has 2 heterocycles. The normalized spacial score (nSPS) is 20.9. The Hall–Kier alpha value is -3.33. The minimum atomic E-state index is -0.496. The lowest BCUT2D eigenvalue weighted by molar-refractivity contribution is -0.894. The molecule has 32 heavy (non-hydrogen) atoms. The van der Waals surface area contributed by atoms with Crippen LogP contribution in [0.2, 0.25) is 0 Å². The van der Waals surface area contributed by atoms with E-state index < -0.39 is 5.91 Å². The number of nitrogens with one attached hydrogen (secondary N) is 1. The third kappa shape index (κ3) is 4.20. The number of anilines is 2. The Kier molecular flexibility index (Phi) is 5.34. The highest BCUT2D eigenvalue weighted by Crippen LogP contribution is 2.35. The second-order valence-corrected chi connectivity index (χ2v) is 8.83. The van der Waals surface area contributed by atoms with Crippen LogP contribution in [-0.4, -0.2) is 38.7 Å². The number of rotatable bonds is 6. The second kappa shape index (κ2) is 8.31. The number of benzene rings is 1. The molecular weight excluding hydrogens is 410 g/mol. The summed E-state index contributed by atoms with van der Waals surface area (Å²) in [5, 5.41) is 28.4. The molecule has 1 aromatic carbocycles. The van der Waals surface area contributed by atoms with Crippen LogP contribution < -0.4 is 20.5 Å². The van der Waals surface area contributed by atoms with Gasteiger partial charge in [-0.05, 0) is 67.4 Å². The van der Waals surface area contributed by atoms with Crippen molar-refractivity contribution in [3.05, 3.63) is 42.2 Å². The zero-order valence-electron chi connectivity index (χ0n) is 17.8. The number of aliphatic hydroxyl groups excluding tert-OH is 1. The van der Waals surface area contributed by atoms with Crippen molar-refractivity contribution < 1.29 is 24.6 Å². The first-order valence-electron chi connectivity index (χ1n) is 11.1. The van der Waals surface area contributed by atoms with Gasteiger partial charge in [0.05, 0.1) is 30.0 Å². The fourth-order valence-corrected chi connectivity index (χ4v) is 4.17. The number of hydrogen-bond acceptors (Lipinski definition) is 6. The lowest BCUT2D eigenvalue weighted by atomic mass is 9.93. The highest BCUT2D eigenvalue weighted by atomic mass is 16.5. The van der Waals surface area contributed by atoms with Gasteiger partial charge < -0.3 is 20.4 Å². The van der Waals surface area contributed by atoms with E-state index in [4.69, 9.17) is 15.6 Å². The van der Waals surface area contributed by atoms with E-state index in [9.17, 15) is 15.1 Å². The Bertz CT molecular complexity index is 1150. The third-order valence-corrected chi connectivity index (χ3v) is 6.31. The van der Waals surface area contributed by atoms with E-state index in [1.165, 1.54) is 12.1 Å². The van der Waals surface area contributed by atoms with Crippen molar-refractivity contribution in [2.24, 2.45) is 5.92 Å². The molecule has 0 saturated heterocycles. The molecule has 1 amide bonds. The molecule has 0 bridgehead atoms. The summed E-state index contributed by atoms with van der Waals surface area (Å²) >= 11 is 0. The molecule has 0 aliphatic heterocycles. The van der Waals surface area contributed by atoms with Crippen molar-refractivity contribution >= 4 is 28.3 Å². The van der Waals surface area contributed by atoms with E-state index >= 15 is 0 Å². The number of aliphatic hydroxyl groups is 1. The van der Waals surface area contributed by atoms with Crippen molar-refractivity contribution in [1.29, 1.82) is 0 Å². The summed E-state index contributed by atoms with van der Waals surface area (Å²) in [5.41, 5.74) is 7.04. The molecule has 0 atom stereocenters. The average Bonchev–Trinajstić information content (AvgIpc) is 3.52. The van der Waals surface area contributed by atoms with Crippen LogP contribution in [0.3, 0.4) is 0 Å². The van der Waals surface area contributed by atoms with Crippen molar-refractivity contribution in [3.8, 4) is 5.75 Å². The van der Waals surface area contributed by atoms with Crippen LogP contribution in [0.15, 0.2) is 36.5 Å². The number of carbonyl (C=O) groups excluding carboxylic acids is 1. The highest BCUT2D eigenvalue weighted by molar-refractivity contribution is 6.04. The fraction of sp³-hybridized carbons (Fsp3) is 0.435. The Balaban J connectivity index is 1.45. The van der Waals surface area contributed by atoms with Crippen LogP contribution >= 0.6 is 0 Å². The molecule has 0 spiro atoms. The molecule has 0 radical (unpaired) electrons. The van der Waals surface area contributed by atoms with Crippen molar-refractivity contribution in [2.75, 3.05) is 17.7 Å². The standard InChI is InChI=1S/C23H27N5O4/c24-22-3-1-2-20(28(22)31)23(30)25-19-10-15-12-27(16-6-8-17(29)9-7-16)26-18(15)11-21(19)32-13-14-4-5-14/h1-3,10-12,14,16-17,24,29,31H,4-9,13H2,(H,25,30)/p+1. The maximum absolute atomic E-state index is 12.9. The van der Waals surface area contributed by atoms with Gasteiger partial charge in [0.1, 0.15) is 5.75 Å². The van der Waals surface area contributed by atoms with Gasteiger partial charge in [0.25, 0.3) is 5.91 Å². The number of hydrogen-bond donors (Lipinski definition) is 4. The van der Waals surface area contributed by atoms with E-state index in [0.717, 1.165) is 49.4 Å². The SMILES string of the molecule is Nc1cccc(C(=O)Nc2cc3cn(C4CCC(O)CC4)nc3cc2OCC2CC2)[n+]1O. The molecule has 2 fully saturated rings. The van der Waals surface area contributed by atoms with Gasteiger partial charge >= 0.3 is 5.82 Å². The van der Waals surface area contributed by atoms with Crippen molar-refractivity contribution in [2.45, 2.75) is 50.7 Å². The summed E-state index contributed by atoms with van der Waals surface area (Å²) in [6, 6.07) is 8.56. The Labute approximate surface area is 185 Å². The van der Waals surface area contributed by atoms with Gasteiger partial charge in [-0.25, -0.2) is 0 Å². The molecule has 2 aromatic heterocycles. The van der Waals surface area contributed by atoms with Gasteiger partial charge in [-0.3, -0.25) is 15.2 Å². The lowest BCUT2D eigenvalue weighted by Gasteiger charge is -2.25. The molecule has 5 N–H and O–H groups in total. The van der Waals surface area contributed by atoms with Gasteiger partial charge in [-0.15, -0.1) is 0 Å². The van der Waals surface area contributed by atoms with Gasteiger partial charge in [0.15, 0.2) is 0 Å². The Morgan fingerprint density at radius 1 is 1.22 bits per heavy atom. The van der Waals surface area contributed by atoms with E-state index in [0.29, 0.717) is 28.7 Å². The van der Waals surface area contributed by atoms with Crippen LogP contribution in [-0.2, 0) is 0 Å². The number of nitrogens with zero attached hydrogens (tertiary/aromatic N) is 3. The molecule has 2 saturated carbocycles. The summed E-state index contributed by atoms with van der Waals surface area (Å²) in [6.07, 6.45) is 7.39. The minimum absolute atomic E-state index is 0.0229. The summed E-state index contributed by atoms with van der Waals surface area (Å²) in [5.74, 6) is 0.672. The van der Waals surface area contributed by atoms with Crippen LogP contribution in [0, 0.1) is 5.92 Å². The van der Waals surface area contributed by atoms with Crippen LogP contribution in [0.1, 0.15) is 55.1 Å². The molecule has 0 unspecified atom stereocenters. The van der Waals surface area contributed by atoms with Crippen LogP contribution in [0.25, 0.3) is 10.9 Å². The lowest BCUT2D eigenvalue weighted by Crippen LogP contribution is -2.42. The number of pyridine rings is 1. The maximum atomic E-state index is 12.9. The second-order valence-electron chi connectivity index (χ2n) is 8.83. The van der Waals surface area contributed by atoms with Gasteiger partial charge in [0, 0.05) is 23.7 Å². The molecule has 5 rings (SSSR count). The monoisotopic (exact) mass is 438 g/mol. The predicted molar refractivity (Wildman–Crippen MR) is 118 cm³/mol. The van der Waals surface area contributed by atoms with Gasteiger partial charge in [0.2, 0.25) is 5.69 Å². The number of aromatic nitrogens is 3. The average molecular weight is 439 g/mol. The number of nitrogen functional groups attached to an aromatic ring is 1. The van der Waals surface area contributed by atoms with Gasteiger partial charge in [-0.2, -0.15) is 5.10 Å². The number of amides is 1. The summed E-state index contributed by atoms with van der Waals surface area (Å²) in [7, 11) is 0. The molecule has 3 aromatic rings.